The van der Waals surface area contributed by atoms with Crippen molar-refractivity contribution in [2.75, 3.05) is 0 Å². The first kappa shape index (κ1) is 31.9. The van der Waals surface area contributed by atoms with Gasteiger partial charge in [0.1, 0.15) is 11.2 Å². The Hall–Kier alpha value is -7.63. The van der Waals surface area contributed by atoms with Crippen molar-refractivity contribution in [3.8, 4) is 62.1 Å². The highest BCUT2D eigenvalue weighted by atomic mass is 16.3. The first-order valence-corrected chi connectivity index (χ1v) is 18.8. The third kappa shape index (κ3) is 5.37. The second kappa shape index (κ2) is 13.0. The number of para-hydroxylation sites is 1. The summed E-state index contributed by atoms with van der Waals surface area (Å²) >= 11 is 0. The molecule has 0 atom stereocenters. The monoisotopic (exact) mass is 716 g/mol. The lowest BCUT2D eigenvalue weighted by Crippen LogP contribution is -2.00. The van der Waals surface area contributed by atoms with E-state index >= 15 is 0 Å². The summed E-state index contributed by atoms with van der Waals surface area (Å²) in [5.74, 6) is 1.90. The molecule has 3 heterocycles. The van der Waals surface area contributed by atoms with Gasteiger partial charge >= 0.3 is 0 Å². The van der Waals surface area contributed by atoms with Crippen LogP contribution in [0.2, 0.25) is 0 Å². The van der Waals surface area contributed by atoms with Crippen LogP contribution in [0.25, 0.3) is 106 Å². The van der Waals surface area contributed by atoms with E-state index in [2.05, 4.69) is 138 Å². The molecule has 0 aliphatic rings. The van der Waals surface area contributed by atoms with Crippen LogP contribution in [0.5, 0.6) is 0 Å². The third-order valence-corrected chi connectivity index (χ3v) is 10.6. The second-order valence-corrected chi connectivity index (χ2v) is 14.0. The normalized spacial score (nSPS) is 11.6. The van der Waals surface area contributed by atoms with Crippen molar-refractivity contribution in [2.45, 2.75) is 0 Å². The number of fused-ring (bicyclic) bond motifs is 6. The Balaban J connectivity index is 1.00. The van der Waals surface area contributed by atoms with E-state index in [1.54, 1.807) is 0 Å². The number of furan rings is 1. The van der Waals surface area contributed by atoms with E-state index in [-0.39, 0.29) is 0 Å². The number of rotatable bonds is 6. The molecule has 0 bridgehead atoms. The second-order valence-electron chi connectivity index (χ2n) is 14.0. The van der Waals surface area contributed by atoms with Gasteiger partial charge in [-0.2, -0.15) is 0 Å². The average molecular weight is 717 g/mol. The van der Waals surface area contributed by atoms with E-state index in [1.165, 1.54) is 32.9 Å². The van der Waals surface area contributed by atoms with Crippen LogP contribution in [-0.4, -0.2) is 19.5 Å². The third-order valence-electron chi connectivity index (χ3n) is 10.6. The molecule has 0 N–H and O–H groups in total. The summed E-state index contributed by atoms with van der Waals surface area (Å²) in [5.41, 5.74) is 12.5. The Labute approximate surface area is 322 Å². The Bertz CT molecular complexity index is 3180. The van der Waals surface area contributed by atoms with Crippen molar-refractivity contribution in [3.05, 3.63) is 194 Å². The molecule has 5 nitrogen and oxygen atoms in total. The van der Waals surface area contributed by atoms with Crippen molar-refractivity contribution in [2.24, 2.45) is 0 Å². The predicted molar refractivity (Wildman–Crippen MR) is 229 cm³/mol. The summed E-state index contributed by atoms with van der Waals surface area (Å²) in [6.07, 6.45) is 0. The molecule has 56 heavy (non-hydrogen) atoms. The maximum Gasteiger partial charge on any atom is 0.164 e. The molecule has 0 spiro atoms. The number of hydrogen-bond acceptors (Lipinski definition) is 4. The molecule has 0 saturated heterocycles. The van der Waals surface area contributed by atoms with Crippen molar-refractivity contribution in [1.29, 1.82) is 0 Å². The van der Waals surface area contributed by atoms with Crippen LogP contribution in [0.15, 0.2) is 199 Å². The molecule has 0 amide bonds. The zero-order valence-electron chi connectivity index (χ0n) is 30.2. The zero-order valence-corrected chi connectivity index (χ0v) is 30.2. The van der Waals surface area contributed by atoms with Gasteiger partial charge < -0.3 is 8.98 Å². The first-order chi connectivity index (χ1) is 27.7. The topological polar surface area (TPSA) is 56.7 Å². The smallest absolute Gasteiger partial charge is 0.164 e. The maximum atomic E-state index is 6.54. The summed E-state index contributed by atoms with van der Waals surface area (Å²) in [7, 11) is 0. The zero-order chi connectivity index (χ0) is 37.0. The van der Waals surface area contributed by atoms with Crippen molar-refractivity contribution in [3.63, 3.8) is 0 Å². The number of benzene rings is 8. The summed E-state index contributed by atoms with van der Waals surface area (Å²) in [5, 5.41) is 4.64. The molecular weight excluding hydrogens is 685 g/mol. The van der Waals surface area contributed by atoms with Crippen LogP contribution in [0.3, 0.4) is 0 Å². The molecule has 5 heteroatoms. The van der Waals surface area contributed by atoms with Crippen LogP contribution in [-0.2, 0) is 0 Å². The highest BCUT2D eigenvalue weighted by molar-refractivity contribution is 6.16. The Kier molecular flexibility index (Phi) is 7.42. The maximum absolute atomic E-state index is 6.54. The minimum Gasteiger partial charge on any atom is -0.456 e. The molecule has 11 aromatic rings. The largest absolute Gasteiger partial charge is 0.456 e. The van der Waals surface area contributed by atoms with Crippen LogP contribution < -0.4 is 0 Å². The van der Waals surface area contributed by atoms with Gasteiger partial charge in [-0.15, -0.1) is 0 Å². The minimum absolute atomic E-state index is 0.623. The predicted octanol–water partition coefficient (Wildman–Crippen LogP) is 13.2. The molecule has 8 aromatic carbocycles. The van der Waals surface area contributed by atoms with Crippen LogP contribution in [0, 0.1) is 0 Å². The van der Waals surface area contributed by atoms with Crippen LogP contribution >= 0.6 is 0 Å². The van der Waals surface area contributed by atoms with Gasteiger partial charge in [0.2, 0.25) is 0 Å². The van der Waals surface area contributed by atoms with E-state index < -0.39 is 0 Å². The molecule has 0 radical (unpaired) electrons. The summed E-state index contributed by atoms with van der Waals surface area (Å²) in [4.78, 5) is 14.8. The first-order valence-electron chi connectivity index (χ1n) is 18.8. The highest BCUT2D eigenvalue weighted by Crippen LogP contribution is 2.40. The fourth-order valence-electron chi connectivity index (χ4n) is 8.02. The van der Waals surface area contributed by atoms with Gasteiger partial charge in [0, 0.05) is 43.9 Å². The van der Waals surface area contributed by atoms with E-state index in [0.29, 0.717) is 17.5 Å². The van der Waals surface area contributed by atoms with Crippen LogP contribution in [0.1, 0.15) is 0 Å². The van der Waals surface area contributed by atoms with Gasteiger partial charge in [0.15, 0.2) is 17.5 Å². The quantitative estimate of drug-likeness (QED) is 0.172. The number of aromatic nitrogens is 4. The Morgan fingerprint density at radius 1 is 0.339 bits per heavy atom. The lowest BCUT2D eigenvalue weighted by Gasteiger charge is -2.10. The summed E-state index contributed by atoms with van der Waals surface area (Å²) < 4.78 is 8.92. The van der Waals surface area contributed by atoms with Crippen molar-refractivity contribution >= 4 is 43.7 Å². The molecule has 0 saturated carbocycles. The standard InChI is InChI=1S/C51H32N4O/c1-4-14-33(15-5-1)40-23-13-25-45-48(40)42-22-10-11-24-44(42)55(45)39-27-29-46-43(32-39)41-28-26-37(31-47(41)56-46)36-20-12-21-38(30-36)51-53-49(34-16-6-2-7-17-34)52-50(54-51)35-18-8-3-9-19-35/h1-32H. The molecule has 0 aliphatic carbocycles. The minimum atomic E-state index is 0.623. The molecular formula is C51H32N4O. The van der Waals surface area contributed by atoms with Crippen LogP contribution in [0.4, 0.5) is 0 Å². The average Bonchev–Trinajstić information content (AvgIpc) is 3.82. The van der Waals surface area contributed by atoms with E-state index in [4.69, 9.17) is 19.4 Å². The molecule has 262 valence electrons. The van der Waals surface area contributed by atoms with Crippen molar-refractivity contribution in [1.82, 2.24) is 19.5 Å². The van der Waals surface area contributed by atoms with E-state index in [0.717, 1.165) is 55.4 Å². The molecule has 3 aromatic heterocycles. The van der Waals surface area contributed by atoms with Gasteiger partial charge in [-0.25, -0.2) is 15.0 Å². The van der Waals surface area contributed by atoms with Gasteiger partial charge in [-0.05, 0) is 70.8 Å². The molecule has 11 rings (SSSR count). The van der Waals surface area contributed by atoms with Gasteiger partial charge in [-0.3, -0.25) is 0 Å². The number of nitrogens with zero attached hydrogens (tertiary/aromatic N) is 4. The Morgan fingerprint density at radius 2 is 0.911 bits per heavy atom. The summed E-state index contributed by atoms with van der Waals surface area (Å²) in [6, 6.07) is 67.5. The van der Waals surface area contributed by atoms with Gasteiger partial charge in [-0.1, -0.05) is 146 Å². The molecule has 0 fully saturated rings. The van der Waals surface area contributed by atoms with Crippen molar-refractivity contribution < 1.29 is 4.42 Å². The number of hydrogen-bond donors (Lipinski definition) is 0. The van der Waals surface area contributed by atoms with E-state index in [9.17, 15) is 0 Å². The highest BCUT2D eigenvalue weighted by Gasteiger charge is 2.18. The molecule has 0 aliphatic heterocycles. The fraction of sp³-hybridized carbons (Fsp3) is 0. The lowest BCUT2D eigenvalue weighted by molar-refractivity contribution is 0.669. The lowest BCUT2D eigenvalue weighted by atomic mass is 9.99. The molecule has 0 unspecified atom stereocenters. The SMILES string of the molecule is c1ccc(-c2nc(-c3ccccc3)nc(-c3cccc(-c4ccc5c(c4)oc4ccc(-n6c7ccccc7c7c(-c8ccccc8)cccc76)cc45)c3)n2)cc1. The Morgan fingerprint density at radius 3 is 1.64 bits per heavy atom. The van der Waals surface area contributed by atoms with E-state index in [1.807, 2.05) is 60.7 Å². The fourth-order valence-corrected chi connectivity index (χ4v) is 8.02. The van der Waals surface area contributed by atoms with Gasteiger partial charge in [0.05, 0.1) is 11.0 Å². The summed E-state index contributed by atoms with van der Waals surface area (Å²) in [6.45, 7) is 0. The van der Waals surface area contributed by atoms with Gasteiger partial charge in [0.25, 0.3) is 0 Å².